The molecule has 0 atom stereocenters. The van der Waals surface area contributed by atoms with Gasteiger partial charge in [0.2, 0.25) is 0 Å². The third-order valence-electron chi connectivity index (χ3n) is 3.28. The summed E-state index contributed by atoms with van der Waals surface area (Å²) in [5.74, 6) is 0. The Morgan fingerprint density at radius 3 is 2.45 bits per heavy atom. The van der Waals surface area contributed by atoms with Gasteiger partial charge in [-0.05, 0) is 35.7 Å². The van der Waals surface area contributed by atoms with Gasteiger partial charge in [0, 0.05) is 0 Å². The third-order valence-corrected chi connectivity index (χ3v) is 3.28. The van der Waals surface area contributed by atoms with E-state index < -0.39 is 0 Å². The second-order valence-electron chi connectivity index (χ2n) is 4.51. The van der Waals surface area contributed by atoms with E-state index in [1.165, 1.54) is 0 Å². The number of rotatable bonds is 5. The summed E-state index contributed by atoms with van der Waals surface area (Å²) in [6.07, 6.45) is 1.40. The van der Waals surface area contributed by atoms with Crippen molar-refractivity contribution in [3.05, 3.63) is 51.7 Å². The van der Waals surface area contributed by atoms with Crippen molar-refractivity contribution >= 4 is 5.69 Å². The van der Waals surface area contributed by atoms with Gasteiger partial charge < -0.3 is 0 Å². The van der Waals surface area contributed by atoms with Crippen LogP contribution in [-0.2, 0) is 19.4 Å². The lowest BCUT2D eigenvalue weighted by molar-refractivity contribution is 0.640. The Hall–Kier alpha value is -2.48. The van der Waals surface area contributed by atoms with Gasteiger partial charge in [-0.1, -0.05) is 26.0 Å². The fourth-order valence-electron chi connectivity index (χ4n) is 2.22. The zero-order chi connectivity index (χ0) is 14.5. The Balaban J connectivity index is 2.35. The summed E-state index contributed by atoms with van der Waals surface area (Å²) in [4.78, 5) is 11.0. The van der Waals surface area contributed by atoms with E-state index in [4.69, 9.17) is 5.26 Å². The monoisotopic (exact) mass is 268 g/mol. The standard InChI is InChI=1S/C15H16N4O/c1-3-13-15(18-20)14(4-2)19(17-13)10-12-7-5-11(9-16)6-8-12/h5-8H,3-4,10H2,1-2H3. The van der Waals surface area contributed by atoms with Gasteiger partial charge in [-0.3, -0.25) is 4.68 Å². The summed E-state index contributed by atoms with van der Waals surface area (Å²) < 4.78 is 1.83. The summed E-state index contributed by atoms with van der Waals surface area (Å²) in [5.41, 5.74) is 3.76. The predicted octanol–water partition coefficient (Wildman–Crippen LogP) is 3.33. The normalized spacial score (nSPS) is 10.2. The molecule has 0 radical (unpaired) electrons. The van der Waals surface area contributed by atoms with E-state index in [0.717, 1.165) is 17.0 Å². The molecule has 2 rings (SSSR count). The number of aromatic nitrogens is 2. The molecule has 2 aromatic rings. The van der Waals surface area contributed by atoms with E-state index in [1.54, 1.807) is 12.1 Å². The molecular formula is C15H16N4O. The van der Waals surface area contributed by atoms with Gasteiger partial charge in [0.05, 0.1) is 29.6 Å². The molecule has 0 saturated carbocycles. The predicted molar refractivity (Wildman–Crippen MR) is 76.7 cm³/mol. The number of aryl methyl sites for hydroxylation is 1. The van der Waals surface area contributed by atoms with Crippen LogP contribution < -0.4 is 0 Å². The van der Waals surface area contributed by atoms with Gasteiger partial charge in [0.1, 0.15) is 0 Å². The molecule has 5 nitrogen and oxygen atoms in total. The highest BCUT2D eigenvalue weighted by atomic mass is 16.3. The van der Waals surface area contributed by atoms with Crippen molar-refractivity contribution in [1.29, 1.82) is 5.26 Å². The molecule has 0 aliphatic carbocycles. The number of nitroso groups, excluding NO2 is 1. The van der Waals surface area contributed by atoms with Crippen LogP contribution in [0.4, 0.5) is 5.69 Å². The molecule has 5 heteroatoms. The molecule has 0 N–H and O–H groups in total. The van der Waals surface area contributed by atoms with Gasteiger partial charge in [-0.25, -0.2) is 0 Å². The lowest BCUT2D eigenvalue weighted by atomic mass is 10.1. The van der Waals surface area contributed by atoms with Gasteiger partial charge in [-0.2, -0.15) is 10.4 Å². The summed E-state index contributed by atoms with van der Waals surface area (Å²) in [5, 5.41) is 16.4. The molecule has 1 aromatic heterocycles. The van der Waals surface area contributed by atoms with Crippen LogP contribution in [0, 0.1) is 16.2 Å². The smallest absolute Gasteiger partial charge is 0.152 e. The highest BCUT2D eigenvalue weighted by molar-refractivity contribution is 5.47. The van der Waals surface area contributed by atoms with Gasteiger partial charge in [-0.15, -0.1) is 4.91 Å². The maximum atomic E-state index is 11.0. The molecule has 1 aromatic carbocycles. The van der Waals surface area contributed by atoms with E-state index in [2.05, 4.69) is 16.3 Å². The van der Waals surface area contributed by atoms with Crippen molar-refractivity contribution in [3.63, 3.8) is 0 Å². The van der Waals surface area contributed by atoms with E-state index in [9.17, 15) is 4.91 Å². The summed E-state index contributed by atoms with van der Waals surface area (Å²) in [6, 6.07) is 9.46. The number of nitrogens with zero attached hydrogens (tertiary/aromatic N) is 4. The lowest BCUT2D eigenvalue weighted by Gasteiger charge is -2.06. The molecule has 0 saturated heterocycles. The third kappa shape index (κ3) is 2.59. The molecule has 1 heterocycles. The first kappa shape index (κ1) is 13.9. The second kappa shape index (κ2) is 6.11. The van der Waals surface area contributed by atoms with Crippen LogP contribution in [0.5, 0.6) is 0 Å². The molecule has 0 bridgehead atoms. The number of nitriles is 1. The fraction of sp³-hybridized carbons (Fsp3) is 0.333. The van der Waals surface area contributed by atoms with E-state index in [1.807, 2.05) is 30.7 Å². The molecule has 0 spiro atoms. The van der Waals surface area contributed by atoms with Crippen LogP contribution in [0.2, 0.25) is 0 Å². The first-order chi connectivity index (χ1) is 9.73. The average Bonchev–Trinajstić information content (AvgIpc) is 2.84. The maximum Gasteiger partial charge on any atom is 0.152 e. The van der Waals surface area contributed by atoms with Gasteiger partial charge in [0.25, 0.3) is 0 Å². The van der Waals surface area contributed by atoms with Crippen LogP contribution in [0.15, 0.2) is 29.4 Å². The Morgan fingerprint density at radius 1 is 1.25 bits per heavy atom. The van der Waals surface area contributed by atoms with E-state index >= 15 is 0 Å². The average molecular weight is 268 g/mol. The maximum absolute atomic E-state index is 11.0. The highest BCUT2D eigenvalue weighted by Gasteiger charge is 2.16. The van der Waals surface area contributed by atoms with Crippen LogP contribution in [-0.4, -0.2) is 9.78 Å². The Morgan fingerprint density at radius 2 is 1.95 bits per heavy atom. The van der Waals surface area contributed by atoms with Crippen molar-refractivity contribution in [2.45, 2.75) is 33.2 Å². The number of benzene rings is 1. The first-order valence-corrected chi connectivity index (χ1v) is 6.64. The van der Waals surface area contributed by atoms with Crippen molar-refractivity contribution in [2.24, 2.45) is 5.18 Å². The van der Waals surface area contributed by atoms with Crippen molar-refractivity contribution in [3.8, 4) is 6.07 Å². The van der Waals surface area contributed by atoms with Gasteiger partial charge >= 0.3 is 0 Å². The van der Waals surface area contributed by atoms with Crippen molar-refractivity contribution in [1.82, 2.24) is 9.78 Å². The molecular weight excluding hydrogens is 252 g/mol. The molecule has 20 heavy (non-hydrogen) atoms. The SMILES string of the molecule is CCc1nn(Cc2ccc(C#N)cc2)c(CC)c1N=O. The zero-order valence-electron chi connectivity index (χ0n) is 11.6. The molecule has 0 unspecified atom stereocenters. The van der Waals surface area contributed by atoms with Crippen molar-refractivity contribution in [2.75, 3.05) is 0 Å². The van der Waals surface area contributed by atoms with Crippen LogP contribution in [0.3, 0.4) is 0 Å². The minimum absolute atomic E-state index is 0.476. The summed E-state index contributed by atoms with van der Waals surface area (Å²) in [6.45, 7) is 4.53. The minimum Gasteiger partial charge on any atom is -0.263 e. The quantitative estimate of drug-likeness (QED) is 0.781. The first-order valence-electron chi connectivity index (χ1n) is 6.64. The largest absolute Gasteiger partial charge is 0.263 e. The lowest BCUT2D eigenvalue weighted by Crippen LogP contribution is -2.06. The van der Waals surface area contributed by atoms with Gasteiger partial charge in [0.15, 0.2) is 5.69 Å². The molecule has 0 aliphatic rings. The molecule has 102 valence electrons. The number of hydrogen-bond donors (Lipinski definition) is 0. The van der Waals surface area contributed by atoms with E-state index in [0.29, 0.717) is 30.6 Å². The Labute approximate surface area is 117 Å². The topological polar surface area (TPSA) is 71.0 Å². The Bertz CT molecular complexity index is 650. The van der Waals surface area contributed by atoms with E-state index in [-0.39, 0.29) is 0 Å². The molecule has 0 amide bonds. The fourth-order valence-corrected chi connectivity index (χ4v) is 2.22. The molecule has 0 fully saturated rings. The van der Waals surface area contributed by atoms with Crippen LogP contribution in [0.1, 0.15) is 36.4 Å². The molecule has 0 aliphatic heterocycles. The number of hydrogen-bond acceptors (Lipinski definition) is 4. The summed E-state index contributed by atoms with van der Waals surface area (Å²) in [7, 11) is 0. The second-order valence-corrected chi connectivity index (χ2v) is 4.51. The minimum atomic E-state index is 0.476. The summed E-state index contributed by atoms with van der Waals surface area (Å²) >= 11 is 0. The Kier molecular flexibility index (Phi) is 4.26. The zero-order valence-corrected chi connectivity index (χ0v) is 11.6. The highest BCUT2D eigenvalue weighted by Crippen LogP contribution is 2.25. The van der Waals surface area contributed by atoms with Crippen molar-refractivity contribution < 1.29 is 0 Å². The van der Waals surface area contributed by atoms with Crippen LogP contribution >= 0.6 is 0 Å². The van der Waals surface area contributed by atoms with Crippen LogP contribution in [0.25, 0.3) is 0 Å².